The molecule has 0 spiro atoms. The van der Waals surface area contributed by atoms with Crippen molar-refractivity contribution in [1.82, 2.24) is 9.80 Å². The third-order valence-electron chi connectivity index (χ3n) is 3.43. The van der Waals surface area contributed by atoms with Gasteiger partial charge < -0.3 is 10.6 Å². The first-order valence-electron chi connectivity index (χ1n) is 5.84. The van der Waals surface area contributed by atoms with Crippen molar-refractivity contribution in [2.75, 3.05) is 20.1 Å². The zero-order chi connectivity index (χ0) is 14.3. The lowest BCUT2D eigenvalue weighted by atomic mass is 9.93. The summed E-state index contributed by atoms with van der Waals surface area (Å²) >= 11 is 0. The van der Waals surface area contributed by atoms with Crippen molar-refractivity contribution in [3.8, 4) is 0 Å². The monoisotopic (exact) mass is 267 g/mol. The second-order valence-corrected chi connectivity index (χ2v) is 5.32. The first kappa shape index (κ1) is 15.2. The van der Waals surface area contributed by atoms with E-state index >= 15 is 0 Å². The molecule has 7 heteroatoms. The van der Waals surface area contributed by atoms with Crippen LogP contribution in [0.2, 0.25) is 0 Å². The van der Waals surface area contributed by atoms with Crippen molar-refractivity contribution in [2.45, 2.75) is 44.6 Å². The smallest absolute Gasteiger partial charge is 0.343 e. The number of nitrogens with zero attached hydrogens (tertiary/aromatic N) is 2. The summed E-state index contributed by atoms with van der Waals surface area (Å²) in [5.41, 5.74) is 4.27. The number of alkyl halides is 3. The highest BCUT2D eigenvalue weighted by Crippen LogP contribution is 2.33. The molecule has 1 heterocycles. The average Bonchev–Trinajstić information content (AvgIpc) is 2.17. The van der Waals surface area contributed by atoms with E-state index in [0.717, 1.165) is 0 Å². The second-order valence-electron chi connectivity index (χ2n) is 5.32. The molecule has 0 aromatic heterocycles. The molecule has 0 aromatic carbocycles. The normalized spacial score (nSPS) is 25.1. The van der Waals surface area contributed by atoms with Gasteiger partial charge in [0.05, 0.1) is 5.54 Å². The van der Waals surface area contributed by atoms with Crippen LogP contribution in [0, 0.1) is 0 Å². The van der Waals surface area contributed by atoms with Gasteiger partial charge in [0, 0.05) is 26.2 Å². The second kappa shape index (κ2) is 4.70. The van der Waals surface area contributed by atoms with Crippen LogP contribution < -0.4 is 5.73 Å². The van der Waals surface area contributed by atoms with Crippen LogP contribution in [-0.2, 0) is 4.79 Å². The molecule has 1 amide bonds. The summed E-state index contributed by atoms with van der Waals surface area (Å²) in [6, 6.07) is -2.88. The summed E-state index contributed by atoms with van der Waals surface area (Å²) < 4.78 is 39.2. The maximum Gasteiger partial charge on any atom is 0.405 e. The Morgan fingerprint density at radius 3 is 2.22 bits per heavy atom. The highest BCUT2D eigenvalue weighted by atomic mass is 19.4. The summed E-state index contributed by atoms with van der Waals surface area (Å²) in [6.07, 6.45) is -4.44. The fourth-order valence-corrected chi connectivity index (χ4v) is 2.47. The Morgan fingerprint density at radius 1 is 1.33 bits per heavy atom. The molecule has 1 rings (SSSR count). The van der Waals surface area contributed by atoms with Crippen LogP contribution in [-0.4, -0.2) is 59.6 Å². The minimum Gasteiger partial charge on any atom is -0.343 e. The summed E-state index contributed by atoms with van der Waals surface area (Å²) in [7, 11) is 1.59. The predicted molar refractivity (Wildman–Crippen MR) is 61.9 cm³/mol. The Labute approximate surface area is 105 Å². The number of carbonyl (C=O) groups excluding carboxylic acids is 1. The van der Waals surface area contributed by atoms with Gasteiger partial charge in [-0.05, 0) is 20.8 Å². The Kier molecular flexibility index (Phi) is 3.97. The molecule has 18 heavy (non-hydrogen) atoms. The molecular weight excluding hydrogens is 247 g/mol. The first-order valence-corrected chi connectivity index (χ1v) is 5.84. The van der Waals surface area contributed by atoms with Gasteiger partial charge >= 0.3 is 6.18 Å². The van der Waals surface area contributed by atoms with E-state index in [1.807, 2.05) is 0 Å². The summed E-state index contributed by atoms with van der Waals surface area (Å²) in [6.45, 7) is 4.78. The van der Waals surface area contributed by atoms with Gasteiger partial charge in [-0.2, -0.15) is 13.2 Å². The summed E-state index contributed by atoms with van der Waals surface area (Å²) in [5.74, 6) is -0.316. The Morgan fingerprint density at radius 2 is 1.83 bits per heavy atom. The number of nitrogens with two attached hydrogens (primary N) is 1. The van der Waals surface area contributed by atoms with Crippen LogP contribution in [0.4, 0.5) is 13.2 Å². The Bertz CT molecular complexity index is 328. The highest BCUT2D eigenvalue weighted by molar-refractivity contribution is 5.86. The summed E-state index contributed by atoms with van der Waals surface area (Å²) in [4.78, 5) is 14.6. The van der Waals surface area contributed by atoms with Crippen molar-refractivity contribution in [1.29, 1.82) is 0 Å². The number of likely N-dealkylation sites (N-methyl/N-ethyl adjacent to an activating group) is 1. The van der Waals surface area contributed by atoms with Crippen molar-refractivity contribution in [2.24, 2.45) is 5.73 Å². The molecule has 0 aromatic rings. The van der Waals surface area contributed by atoms with E-state index < -0.39 is 23.8 Å². The summed E-state index contributed by atoms with van der Waals surface area (Å²) in [5, 5.41) is 0. The molecule has 1 aliphatic rings. The van der Waals surface area contributed by atoms with Crippen molar-refractivity contribution in [3.63, 3.8) is 0 Å². The minimum absolute atomic E-state index is 0.168. The Hall–Kier alpha value is -0.820. The van der Waals surface area contributed by atoms with Crippen LogP contribution in [0.5, 0.6) is 0 Å². The van der Waals surface area contributed by atoms with Gasteiger partial charge in [0.25, 0.3) is 0 Å². The van der Waals surface area contributed by atoms with E-state index in [0.29, 0.717) is 0 Å². The van der Waals surface area contributed by atoms with E-state index in [4.69, 9.17) is 5.73 Å². The van der Waals surface area contributed by atoms with Gasteiger partial charge in [0.2, 0.25) is 5.91 Å². The molecule has 2 N–H and O–H groups in total. The maximum atomic E-state index is 13.1. The highest BCUT2D eigenvalue weighted by Gasteiger charge is 2.53. The maximum absolute atomic E-state index is 13.1. The number of halogens is 3. The number of amides is 1. The van der Waals surface area contributed by atoms with Gasteiger partial charge in [0.15, 0.2) is 0 Å². The first-order chi connectivity index (χ1) is 7.99. The fraction of sp³-hybridized carbons (Fsp3) is 0.909. The standard InChI is InChI=1S/C11H20F3N3O/c1-7(15)8(11(12,13)14)17-6-5-16(4)9(18)10(17,2)3/h7-8H,5-6,15H2,1-4H3. The average molecular weight is 267 g/mol. The SMILES string of the molecule is CC(N)C(N1CCN(C)C(=O)C1(C)C)C(F)(F)F. The molecule has 4 nitrogen and oxygen atoms in total. The zero-order valence-electron chi connectivity index (χ0n) is 11.1. The van der Waals surface area contributed by atoms with E-state index in [9.17, 15) is 18.0 Å². The molecule has 0 saturated carbocycles. The number of carbonyl (C=O) groups is 1. The van der Waals surface area contributed by atoms with Crippen molar-refractivity contribution in [3.05, 3.63) is 0 Å². The molecule has 0 radical (unpaired) electrons. The largest absolute Gasteiger partial charge is 0.405 e. The fourth-order valence-electron chi connectivity index (χ4n) is 2.47. The van der Waals surface area contributed by atoms with E-state index in [1.54, 1.807) is 7.05 Å². The molecule has 2 unspecified atom stereocenters. The van der Waals surface area contributed by atoms with Crippen molar-refractivity contribution < 1.29 is 18.0 Å². The molecule has 106 valence electrons. The molecule has 1 fully saturated rings. The third-order valence-corrected chi connectivity index (χ3v) is 3.43. The number of piperazine rings is 1. The molecular formula is C11H20F3N3O. The number of hydrogen-bond donors (Lipinski definition) is 1. The predicted octanol–water partition coefficient (Wildman–Crippen LogP) is 0.817. The lowest BCUT2D eigenvalue weighted by Gasteiger charge is -2.49. The number of rotatable bonds is 2. The van der Waals surface area contributed by atoms with Crippen LogP contribution in [0.3, 0.4) is 0 Å². The quantitative estimate of drug-likeness (QED) is 0.805. The van der Waals surface area contributed by atoms with Crippen LogP contribution in [0.15, 0.2) is 0 Å². The van der Waals surface area contributed by atoms with E-state index in [1.165, 1.54) is 30.6 Å². The molecule has 1 saturated heterocycles. The van der Waals surface area contributed by atoms with Gasteiger partial charge in [-0.1, -0.05) is 0 Å². The Balaban J connectivity index is 3.10. The lowest BCUT2D eigenvalue weighted by molar-refractivity contribution is -0.209. The van der Waals surface area contributed by atoms with Gasteiger partial charge in [-0.15, -0.1) is 0 Å². The molecule has 1 aliphatic heterocycles. The third kappa shape index (κ3) is 2.61. The van der Waals surface area contributed by atoms with E-state index in [2.05, 4.69) is 0 Å². The lowest BCUT2D eigenvalue weighted by Crippen LogP contribution is -2.70. The molecule has 0 aliphatic carbocycles. The van der Waals surface area contributed by atoms with Crippen LogP contribution in [0.25, 0.3) is 0 Å². The van der Waals surface area contributed by atoms with Crippen LogP contribution >= 0.6 is 0 Å². The van der Waals surface area contributed by atoms with E-state index in [-0.39, 0.29) is 19.0 Å². The topological polar surface area (TPSA) is 49.6 Å². The van der Waals surface area contributed by atoms with Gasteiger partial charge in [-0.25, -0.2) is 0 Å². The molecule has 0 bridgehead atoms. The minimum atomic E-state index is -4.44. The van der Waals surface area contributed by atoms with Gasteiger partial charge in [-0.3, -0.25) is 9.69 Å². The van der Waals surface area contributed by atoms with Gasteiger partial charge in [0.1, 0.15) is 6.04 Å². The zero-order valence-corrected chi connectivity index (χ0v) is 11.1. The van der Waals surface area contributed by atoms with Crippen molar-refractivity contribution >= 4 is 5.91 Å². The van der Waals surface area contributed by atoms with Crippen LogP contribution in [0.1, 0.15) is 20.8 Å². The molecule has 2 atom stereocenters. The number of hydrogen-bond acceptors (Lipinski definition) is 3.